The summed E-state index contributed by atoms with van der Waals surface area (Å²) in [5.74, 6) is 0. The third-order valence-electron chi connectivity index (χ3n) is 2.98. The Morgan fingerprint density at radius 2 is 0.814 bits per heavy atom. The van der Waals surface area contributed by atoms with E-state index in [0.29, 0.717) is 6.10 Å². The van der Waals surface area contributed by atoms with Crippen molar-refractivity contribution in [1.29, 1.82) is 0 Å². The topological polar surface area (TPSA) is 40.2 Å². The number of ether oxygens (including phenoxy) is 4. The monoisotopic (exact) mass is 629 g/mol. The molecule has 0 bridgehead atoms. The van der Waals surface area contributed by atoms with E-state index in [4.69, 9.17) is 9.47 Å². The van der Waals surface area contributed by atoms with Gasteiger partial charge in [0.1, 0.15) is 0 Å². The van der Waals surface area contributed by atoms with Crippen LogP contribution in [-0.2, 0) is 18.9 Å². The number of allylic oxidation sites excluding steroid dienone is 4. The van der Waals surface area contributed by atoms with Crippen molar-refractivity contribution in [2.24, 2.45) is 0 Å². The highest BCUT2D eigenvalue weighted by Crippen LogP contribution is 2.10. The summed E-state index contributed by atoms with van der Waals surface area (Å²) in [7, 11) is 3.36. The quantitative estimate of drug-likeness (QED) is 0.116. The summed E-state index contributed by atoms with van der Waals surface area (Å²) >= 11 is 0. The molecule has 1 atom stereocenters. The molecule has 1 aliphatic rings. The largest absolute Gasteiger partial charge is 0.385 e. The summed E-state index contributed by atoms with van der Waals surface area (Å²) in [6.07, 6.45) is 13.6. The summed E-state index contributed by atoms with van der Waals surface area (Å²) < 4.78 is 18.9. The molecule has 1 aliphatic heterocycles. The van der Waals surface area contributed by atoms with Gasteiger partial charge in [0, 0.05) is 40.6 Å². The Bertz CT molecular complexity index is 234. The Morgan fingerprint density at radius 1 is 0.558 bits per heavy atom. The maximum Gasteiger partial charge on any atom is 0.0807 e. The molecule has 1 rings (SSSR count). The van der Waals surface area contributed by atoms with E-state index in [1.54, 1.807) is 14.2 Å². The van der Waals surface area contributed by atoms with Crippen LogP contribution in [-0.4, -0.2) is 53.4 Å². The summed E-state index contributed by atoms with van der Waals surface area (Å²) in [6.45, 7) is 52.9. The molecule has 0 radical (unpaired) electrons. The summed E-state index contributed by atoms with van der Waals surface area (Å²) in [5, 5.41) is 0. The van der Waals surface area contributed by atoms with Gasteiger partial charge in [-0.2, -0.15) is 0 Å². The maximum atomic E-state index is 4.98. The lowest BCUT2D eigenvalue weighted by atomic mass is 10.4. The minimum Gasteiger partial charge on any atom is -0.385 e. The second-order valence-electron chi connectivity index (χ2n) is 5.77. The van der Waals surface area contributed by atoms with Gasteiger partial charge in [0.15, 0.2) is 0 Å². The van der Waals surface area contributed by atoms with Crippen LogP contribution in [0.1, 0.15) is 171 Å². The lowest BCUT2D eigenvalue weighted by molar-refractivity contribution is 0.148. The Labute approximate surface area is 280 Å². The Balaban J connectivity index is -0.0000000249. The van der Waals surface area contributed by atoms with Crippen LogP contribution in [0.3, 0.4) is 0 Å². The van der Waals surface area contributed by atoms with Crippen LogP contribution < -0.4 is 0 Å². The van der Waals surface area contributed by atoms with E-state index in [0.717, 1.165) is 39.5 Å². The molecule has 0 spiro atoms. The third kappa shape index (κ3) is 367. The maximum absolute atomic E-state index is 4.98. The Hall–Kier alpha value is -0.940. The van der Waals surface area contributed by atoms with Gasteiger partial charge in [-0.1, -0.05) is 148 Å². The first kappa shape index (κ1) is 78.5. The van der Waals surface area contributed by atoms with Gasteiger partial charge >= 0.3 is 0 Å². The van der Waals surface area contributed by atoms with Crippen LogP contribution in [0.5, 0.6) is 0 Å². The summed E-state index contributed by atoms with van der Waals surface area (Å²) in [4.78, 5) is 0. The highest BCUT2D eigenvalue weighted by atomic mass is 16.6. The van der Waals surface area contributed by atoms with Crippen molar-refractivity contribution < 1.29 is 18.9 Å². The second kappa shape index (κ2) is 181. The molecule has 0 N–H and O–H groups in total. The first-order valence-electron chi connectivity index (χ1n) is 17.9. The molecular formula is C39H96O4. The van der Waals surface area contributed by atoms with Crippen LogP contribution >= 0.6 is 0 Å². The molecular weight excluding hydrogens is 532 g/mol. The standard InChI is InChI=1S/C6H10.C5H12O.C4H8O.C4H10.2C3H8O.6C2H6.C2H4/c2*1-3-5-6-4-2;1-2-4-3-5-4;3*1-3-4-2;7*1-2/h3-6H,1-2H3;3-5H2,1-2H3;4H,2-3H2,1H3;3-4H2,1-2H3;2*3H2,1-2H3;6*1-2H3;1-2H2/b5-3+,6-4+;;;;;;;;;;;;. The van der Waals surface area contributed by atoms with Crippen molar-refractivity contribution in [1.82, 2.24) is 0 Å². The van der Waals surface area contributed by atoms with Crippen molar-refractivity contribution in [2.45, 2.75) is 177 Å². The lowest BCUT2D eigenvalue weighted by Gasteiger charge is -1.91. The lowest BCUT2D eigenvalue weighted by Crippen LogP contribution is -1.88. The molecule has 4 nitrogen and oxygen atoms in total. The van der Waals surface area contributed by atoms with Crippen LogP contribution in [0.2, 0.25) is 0 Å². The van der Waals surface area contributed by atoms with Crippen LogP contribution in [0, 0.1) is 0 Å². The number of rotatable bonds is 8. The normalized spacial score (nSPS) is 9.88. The molecule has 1 fully saturated rings. The molecule has 4 heteroatoms. The molecule has 1 heterocycles. The van der Waals surface area contributed by atoms with Gasteiger partial charge in [0.05, 0.1) is 12.7 Å². The van der Waals surface area contributed by atoms with E-state index in [-0.39, 0.29) is 0 Å². The predicted molar refractivity (Wildman–Crippen MR) is 211 cm³/mol. The van der Waals surface area contributed by atoms with Crippen molar-refractivity contribution in [3.63, 3.8) is 0 Å². The molecule has 0 aliphatic carbocycles. The van der Waals surface area contributed by atoms with E-state index in [1.807, 2.05) is 142 Å². The Kier molecular flexibility index (Phi) is 331. The zero-order chi connectivity index (χ0) is 37.6. The van der Waals surface area contributed by atoms with E-state index in [1.165, 1.54) is 19.3 Å². The molecule has 0 aromatic carbocycles. The van der Waals surface area contributed by atoms with E-state index >= 15 is 0 Å². The Morgan fingerprint density at radius 3 is 0.860 bits per heavy atom. The van der Waals surface area contributed by atoms with Crippen molar-refractivity contribution in [3.05, 3.63) is 37.5 Å². The average molecular weight is 629 g/mol. The van der Waals surface area contributed by atoms with Crippen molar-refractivity contribution >= 4 is 0 Å². The highest BCUT2D eigenvalue weighted by molar-refractivity contribution is 4.98. The zero-order valence-corrected chi connectivity index (χ0v) is 35.3. The third-order valence-corrected chi connectivity index (χ3v) is 2.98. The number of epoxide rings is 1. The number of hydrogen-bond acceptors (Lipinski definition) is 4. The van der Waals surface area contributed by atoms with Gasteiger partial charge in [-0.3, -0.25) is 0 Å². The summed E-state index contributed by atoms with van der Waals surface area (Å²) in [5.41, 5.74) is 0. The second-order valence-corrected chi connectivity index (χ2v) is 5.77. The molecule has 0 amide bonds. The molecule has 0 aromatic heterocycles. The fourth-order valence-electron chi connectivity index (χ4n) is 0.815. The van der Waals surface area contributed by atoms with Crippen molar-refractivity contribution in [2.75, 3.05) is 47.3 Å². The number of methoxy groups -OCH3 is 2. The van der Waals surface area contributed by atoms with Gasteiger partial charge < -0.3 is 18.9 Å². The first-order chi connectivity index (χ1) is 21.0. The smallest absolute Gasteiger partial charge is 0.0807 e. The molecule has 0 saturated carbocycles. The SMILES string of the molecule is C/C=C/C=C/C.C=C.CC.CC.CC.CC.CC.CC.CCC1CO1.CCCC.CCCOCC.CCOC.CCOC. The number of hydrogen-bond donors (Lipinski definition) is 0. The summed E-state index contributed by atoms with van der Waals surface area (Å²) in [6, 6.07) is 0. The average Bonchev–Trinajstić information content (AvgIpc) is 3.98. The minimum absolute atomic E-state index is 0.634. The molecule has 276 valence electrons. The molecule has 1 unspecified atom stereocenters. The fourth-order valence-corrected chi connectivity index (χ4v) is 0.815. The minimum atomic E-state index is 0.634. The molecule has 1 saturated heterocycles. The fraction of sp³-hybridized carbons (Fsp3) is 0.846. The van der Waals surface area contributed by atoms with Gasteiger partial charge in [-0.05, 0) is 47.5 Å². The highest BCUT2D eigenvalue weighted by Gasteiger charge is 2.18. The van der Waals surface area contributed by atoms with Crippen LogP contribution in [0.25, 0.3) is 0 Å². The molecule has 43 heavy (non-hydrogen) atoms. The predicted octanol–water partition coefficient (Wildman–Crippen LogP) is 14.4. The van der Waals surface area contributed by atoms with E-state index in [9.17, 15) is 0 Å². The van der Waals surface area contributed by atoms with Crippen molar-refractivity contribution in [3.8, 4) is 0 Å². The molecule has 0 aromatic rings. The number of unbranched alkanes of at least 4 members (excludes halogenated alkanes) is 1. The van der Waals surface area contributed by atoms with Gasteiger partial charge in [-0.15, -0.1) is 13.2 Å². The van der Waals surface area contributed by atoms with Gasteiger partial charge in [0.2, 0.25) is 0 Å². The van der Waals surface area contributed by atoms with Crippen LogP contribution in [0.15, 0.2) is 37.5 Å². The van der Waals surface area contributed by atoms with E-state index in [2.05, 4.69) is 50.3 Å². The van der Waals surface area contributed by atoms with Gasteiger partial charge in [-0.25, -0.2) is 0 Å². The first-order valence-corrected chi connectivity index (χ1v) is 17.9. The van der Waals surface area contributed by atoms with E-state index < -0.39 is 0 Å². The zero-order valence-electron chi connectivity index (χ0n) is 35.3. The van der Waals surface area contributed by atoms with Crippen LogP contribution in [0.4, 0.5) is 0 Å². The van der Waals surface area contributed by atoms with Gasteiger partial charge in [0.25, 0.3) is 0 Å².